The minimum atomic E-state index is -0.181. The van der Waals surface area contributed by atoms with Gasteiger partial charge >= 0.3 is 0 Å². The third-order valence-corrected chi connectivity index (χ3v) is 6.04. The lowest BCUT2D eigenvalue weighted by atomic mass is 9.94. The Kier molecular flexibility index (Phi) is 8.31. The van der Waals surface area contributed by atoms with Crippen LogP contribution in [0.5, 0.6) is 5.75 Å². The van der Waals surface area contributed by atoms with Crippen LogP contribution < -0.4 is 10.1 Å². The predicted molar refractivity (Wildman–Crippen MR) is 117 cm³/mol. The van der Waals surface area contributed by atoms with Gasteiger partial charge in [-0.15, -0.1) is 0 Å². The van der Waals surface area contributed by atoms with Crippen LogP contribution in [0, 0.1) is 17.7 Å². The number of rotatable bonds is 6. The van der Waals surface area contributed by atoms with E-state index >= 15 is 0 Å². The summed E-state index contributed by atoms with van der Waals surface area (Å²) in [6, 6.07) is 4.84. The molecule has 0 bridgehead atoms. The molecule has 0 fully saturated rings. The molecule has 0 radical (unpaired) electrons. The molecule has 1 N–H and O–H groups in total. The number of halogens is 1. The van der Waals surface area contributed by atoms with E-state index in [0.29, 0.717) is 24.5 Å². The molecule has 0 amide bonds. The molecule has 0 spiro atoms. The summed E-state index contributed by atoms with van der Waals surface area (Å²) in [7, 11) is 0. The largest absolute Gasteiger partial charge is 0.490 e. The van der Waals surface area contributed by atoms with Crippen LogP contribution in [-0.4, -0.2) is 31.9 Å². The number of benzene rings is 1. The van der Waals surface area contributed by atoms with Crippen molar-refractivity contribution in [2.75, 3.05) is 19.7 Å². The van der Waals surface area contributed by atoms with E-state index < -0.39 is 0 Å². The summed E-state index contributed by atoms with van der Waals surface area (Å²) >= 11 is 0. The van der Waals surface area contributed by atoms with Crippen molar-refractivity contribution in [3.8, 4) is 5.75 Å². The van der Waals surface area contributed by atoms with Gasteiger partial charge in [0.05, 0.1) is 12.7 Å². The molecular weight excluding hydrogens is 365 g/mol. The van der Waals surface area contributed by atoms with Gasteiger partial charge in [0.15, 0.2) is 0 Å². The summed E-state index contributed by atoms with van der Waals surface area (Å²) in [6.45, 7) is 9.24. The zero-order chi connectivity index (χ0) is 20.6. The number of aryl methyl sites for hydroxylation is 1. The van der Waals surface area contributed by atoms with E-state index in [1.54, 1.807) is 12.1 Å². The second-order valence-corrected chi connectivity index (χ2v) is 8.74. The zero-order valence-corrected chi connectivity index (χ0v) is 18.1. The Morgan fingerprint density at radius 2 is 2.10 bits per heavy atom. The van der Waals surface area contributed by atoms with E-state index in [9.17, 15) is 4.39 Å². The molecule has 1 aromatic rings. The van der Waals surface area contributed by atoms with Crippen LogP contribution >= 0.6 is 0 Å². The van der Waals surface area contributed by atoms with E-state index in [1.165, 1.54) is 18.1 Å². The average molecular weight is 402 g/mol. The molecular formula is C25H36FNO2. The first-order valence-electron chi connectivity index (χ1n) is 11.1. The Morgan fingerprint density at radius 3 is 2.97 bits per heavy atom. The summed E-state index contributed by atoms with van der Waals surface area (Å²) in [5, 5.41) is 3.60. The molecule has 4 heteroatoms. The third kappa shape index (κ3) is 6.97. The van der Waals surface area contributed by atoms with Crippen molar-refractivity contribution in [3.63, 3.8) is 0 Å². The van der Waals surface area contributed by atoms with Gasteiger partial charge in [-0.3, -0.25) is 0 Å². The fourth-order valence-electron chi connectivity index (χ4n) is 4.28. The fraction of sp³-hybridized carbons (Fsp3) is 0.600. The maximum absolute atomic E-state index is 13.4. The molecule has 2 aliphatic heterocycles. The second-order valence-electron chi connectivity index (χ2n) is 8.74. The molecule has 0 saturated carbocycles. The van der Waals surface area contributed by atoms with Crippen LogP contribution in [0.1, 0.15) is 52.0 Å². The summed E-state index contributed by atoms with van der Waals surface area (Å²) in [5.41, 5.74) is 2.32. The third-order valence-electron chi connectivity index (χ3n) is 6.04. The first kappa shape index (κ1) is 22.0. The SMILES string of the molecule is CC1=C/C(C)CCC(CCNCC(C)C2CCc3cc(F)ccc3O2)OC/C=C\1. The Bertz CT molecular complexity index is 715. The van der Waals surface area contributed by atoms with Crippen molar-refractivity contribution in [1.82, 2.24) is 5.32 Å². The van der Waals surface area contributed by atoms with Crippen LogP contribution in [0.4, 0.5) is 4.39 Å². The Morgan fingerprint density at radius 1 is 1.24 bits per heavy atom. The van der Waals surface area contributed by atoms with Gasteiger partial charge in [0.2, 0.25) is 0 Å². The molecule has 2 heterocycles. The van der Waals surface area contributed by atoms with Crippen molar-refractivity contribution in [1.29, 1.82) is 0 Å². The second kappa shape index (κ2) is 10.9. The normalized spacial score (nSPS) is 29.1. The summed E-state index contributed by atoms with van der Waals surface area (Å²) in [5.74, 6) is 1.67. The van der Waals surface area contributed by atoms with Gasteiger partial charge < -0.3 is 14.8 Å². The first-order chi connectivity index (χ1) is 14.0. The maximum atomic E-state index is 13.4. The van der Waals surface area contributed by atoms with Gasteiger partial charge in [0, 0.05) is 12.5 Å². The van der Waals surface area contributed by atoms with Crippen molar-refractivity contribution in [3.05, 3.63) is 53.4 Å². The number of ether oxygens (including phenoxy) is 2. The molecule has 2 aliphatic rings. The fourth-order valence-corrected chi connectivity index (χ4v) is 4.28. The van der Waals surface area contributed by atoms with E-state index in [4.69, 9.17) is 9.47 Å². The number of fused-ring (bicyclic) bond motifs is 1. The first-order valence-corrected chi connectivity index (χ1v) is 11.1. The molecule has 0 aromatic heterocycles. The standard InChI is InChI=1S/C25H36FNO2/c1-18-5-4-14-28-23(9-6-19(2)15-18)12-13-27-17-20(3)24-10-7-21-16-22(26)8-11-25(21)29-24/h4-5,8,11,15-16,19-20,23-24,27H,6-7,9-10,12-14,17H2,1-3H3/b5-4-,18-15-. The number of hydrogen-bond acceptors (Lipinski definition) is 3. The van der Waals surface area contributed by atoms with E-state index in [-0.39, 0.29) is 11.9 Å². The van der Waals surface area contributed by atoms with Crippen molar-refractivity contribution in [2.45, 2.75) is 65.1 Å². The lowest BCUT2D eigenvalue weighted by Gasteiger charge is -2.30. The molecule has 29 heavy (non-hydrogen) atoms. The van der Waals surface area contributed by atoms with Gasteiger partial charge in [-0.1, -0.05) is 37.6 Å². The van der Waals surface area contributed by atoms with E-state index in [1.807, 2.05) is 0 Å². The number of nitrogens with one attached hydrogen (secondary N) is 1. The zero-order valence-electron chi connectivity index (χ0n) is 18.1. The molecule has 3 nitrogen and oxygen atoms in total. The number of hydrogen-bond donors (Lipinski definition) is 1. The molecule has 0 saturated heterocycles. The molecule has 4 atom stereocenters. The molecule has 0 aliphatic carbocycles. The van der Waals surface area contributed by atoms with Crippen LogP contribution in [0.3, 0.4) is 0 Å². The Balaban J connectivity index is 1.38. The van der Waals surface area contributed by atoms with Crippen molar-refractivity contribution < 1.29 is 13.9 Å². The summed E-state index contributed by atoms with van der Waals surface area (Å²) in [4.78, 5) is 0. The molecule has 4 unspecified atom stereocenters. The monoisotopic (exact) mass is 401 g/mol. The molecule has 160 valence electrons. The van der Waals surface area contributed by atoms with Gasteiger partial charge in [-0.25, -0.2) is 4.39 Å². The van der Waals surface area contributed by atoms with Gasteiger partial charge in [0.25, 0.3) is 0 Å². The smallest absolute Gasteiger partial charge is 0.123 e. The molecule has 3 rings (SSSR count). The van der Waals surface area contributed by atoms with Crippen molar-refractivity contribution in [2.24, 2.45) is 11.8 Å². The highest BCUT2D eigenvalue weighted by atomic mass is 19.1. The predicted octanol–water partition coefficient (Wildman–Crippen LogP) is 5.45. The quantitative estimate of drug-likeness (QED) is 0.643. The topological polar surface area (TPSA) is 30.5 Å². The minimum absolute atomic E-state index is 0.181. The van der Waals surface area contributed by atoms with Crippen LogP contribution in [0.15, 0.2) is 42.0 Å². The summed E-state index contributed by atoms with van der Waals surface area (Å²) in [6.07, 6.45) is 12.3. The van der Waals surface area contributed by atoms with E-state index in [2.05, 4.69) is 44.3 Å². The van der Waals surface area contributed by atoms with E-state index in [0.717, 1.165) is 50.1 Å². The summed E-state index contributed by atoms with van der Waals surface area (Å²) < 4.78 is 25.6. The van der Waals surface area contributed by atoms with Crippen LogP contribution in [0.2, 0.25) is 0 Å². The lowest BCUT2D eigenvalue weighted by molar-refractivity contribution is 0.0570. The van der Waals surface area contributed by atoms with Gasteiger partial charge in [-0.05, 0) is 75.3 Å². The van der Waals surface area contributed by atoms with Crippen LogP contribution in [-0.2, 0) is 11.2 Å². The Hall–Kier alpha value is -1.65. The highest BCUT2D eigenvalue weighted by molar-refractivity contribution is 5.35. The van der Waals surface area contributed by atoms with Crippen LogP contribution in [0.25, 0.3) is 0 Å². The van der Waals surface area contributed by atoms with Gasteiger partial charge in [0.1, 0.15) is 17.7 Å². The highest BCUT2D eigenvalue weighted by Gasteiger charge is 2.25. The average Bonchev–Trinajstić information content (AvgIpc) is 2.70. The maximum Gasteiger partial charge on any atom is 0.123 e. The highest BCUT2D eigenvalue weighted by Crippen LogP contribution is 2.30. The Labute approximate surface area is 175 Å². The minimum Gasteiger partial charge on any atom is -0.490 e. The molecule has 1 aromatic carbocycles. The van der Waals surface area contributed by atoms with Crippen molar-refractivity contribution >= 4 is 0 Å². The number of allylic oxidation sites excluding steroid dienone is 3. The lowest BCUT2D eigenvalue weighted by Crippen LogP contribution is -2.36. The van der Waals surface area contributed by atoms with Gasteiger partial charge in [-0.2, -0.15) is 0 Å².